The van der Waals surface area contributed by atoms with E-state index in [9.17, 15) is 9.90 Å². The van der Waals surface area contributed by atoms with E-state index in [4.69, 9.17) is 4.74 Å². The van der Waals surface area contributed by atoms with Crippen LogP contribution in [0.5, 0.6) is 0 Å². The lowest BCUT2D eigenvalue weighted by Gasteiger charge is -2.23. The molecule has 76 valence electrons. The second kappa shape index (κ2) is 2.74. The number of carbonyl (C=O) groups is 1. The topological polar surface area (TPSA) is 70.6 Å². The highest BCUT2D eigenvalue weighted by Crippen LogP contribution is 2.32. The zero-order valence-electron chi connectivity index (χ0n) is 7.65. The molecule has 1 atom stereocenters. The van der Waals surface area contributed by atoms with Crippen molar-refractivity contribution in [2.24, 2.45) is 0 Å². The molecule has 1 saturated heterocycles. The lowest BCUT2D eigenvalue weighted by Crippen LogP contribution is -2.34. The number of fused-ring (bicyclic) bond motifs is 3. The van der Waals surface area contributed by atoms with E-state index < -0.39 is 0 Å². The number of rotatable bonds is 0. The number of aliphatic hydroxyl groups excluding tert-OH is 1. The Bertz CT molecular complexity index is 471. The molecule has 0 spiro atoms. The number of hydrogen-bond acceptors (Lipinski definition) is 4. The Morgan fingerprint density at radius 1 is 1.47 bits per heavy atom. The first-order chi connectivity index (χ1) is 7.27. The first-order valence-electron chi connectivity index (χ1n) is 4.52. The Kier molecular flexibility index (Phi) is 1.52. The van der Waals surface area contributed by atoms with E-state index in [1.54, 1.807) is 6.08 Å². The third kappa shape index (κ3) is 1.04. The molecule has 0 radical (unpaired) electrons. The summed E-state index contributed by atoms with van der Waals surface area (Å²) in [4.78, 5) is 11.4. The van der Waals surface area contributed by atoms with Gasteiger partial charge in [-0.1, -0.05) is 6.08 Å². The van der Waals surface area contributed by atoms with Crippen LogP contribution in [0, 0.1) is 0 Å². The van der Waals surface area contributed by atoms with Gasteiger partial charge in [-0.2, -0.15) is 0 Å². The van der Waals surface area contributed by atoms with Crippen molar-refractivity contribution >= 4 is 5.91 Å². The van der Waals surface area contributed by atoms with Gasteiger partial charge in [0.05, 0.1) is 17.9 Å². The predicted octanol–water partition coefficient (Wildman–Crippen LogP) is 0.169. The fourth-order valence-electron chi connectivity index (χ4n) is 1.87. The van der Waals surface area contributed by atoms with Gasteiger partial charge in [0, 0.05) is 11.6 Å². The van der Waals surface area contributed by atoms with Gasteiger partial charge in [0.15, 0.2) is 0 Å². The molecule has 0 saturated carbocycles. The average Bonchev–Trinajstić information content (AvgIpc) is 2.62. The van der Waals surface area contributed by atoms with Crippen LogP contribution in [0.2, 0.25) is 0 Å². The van der Waals surface area contributed by atoms with Gasteiger partial charge in [-0.3, -0.25) is 10.2 Å². The van der Waals surface area contributed by atoms with E-state index >= 15 is 0 Å². The lowest BCUT2D eigenvalue weighted by atomic mass is 9.91. The normalized spacial score (nSPS) is 27.5. The molecule has 5 nitrogen and oxygen atoms in total. The van der Waals surface area contributed by atoms with Crippen LogP contribution in [0.4, 0.5) is 0 Å². The van der Waals surface area contributed by atoms with E-state index in [1.165, 1.54) is 12.3 Å². The number of aliphatic hydroxyl groups is 1. The highest BCUT2D eigenvalue weighted by atomic mass is 16.5. The molecule has 3 rings (SSSR count). The maximum Gasteiger partial charge on any atom is 0.267 e. The summed E-state index contributed by atoms with van der Waals surface area (Å²) in [6.07, 6.45) is 6.57. The molecular formula is C10H8N2O3. The van der Waals surface area contributed by atoms with Gasteiger partial charge in [0.25, 0.3) is 5.91 Å². The van der Waals surface area contributed by atoms with Gasteiger partial charge in [0.2, 0.25) is 0 Å². The molecule has 2 heterocycles. The molecule has 3 N–H and O–H groups in total. The van der Waals surface area contributed by atoms with E-state index in [2.05, 4.69) is 10.9 Å². The molecule has 0 bridgehead atoms. The first kappa shape index (κ1) is 8.31. The van der Waals surface area contributed by atoms with Crippen LogP contribution in [0.15, 0.2) is 47.2 Å². The number of carbonyl (C=O) groups excluding carboxylic acids is 1. The highest BCUT2D eigenvalue weighted by molar-refractivity contribution is 5.99. The van der Waals surface area contributed by atoms with Crippen LogP contribution in [-0.4, -0.2) is 17.1 Å². The number of hydrogen-bond donors (Lipinski definition) is 3. The maximum absolute atomic E-state index is 11.4. The number of amides is 1. The molecule has 2 aliphatic heterocycles. The Hall–Kier alpha value is -2.01. The molecule has 1 amide bonds. The number of ether oxygens (including phenoxy) is 1. The molecule has 3 aliphatic rings. The summed E-state index contributed by atoms with van der Waals surface area (Å²) in [7, 11) is 0. The number of allylic oxidation sites excluding steroid dienone is 3. The molecule has 5 heteroatoms. The van der Waals surface area contributed by atoms with Crippen LogP contribution >= 0.6 is 0 Å². The van der Waals surface area contributed by atoms with E-state index in [0.29, 0.717) is 11.3 Å². The summed E-state index contributed by atoms with van der Waals surface area (Å²) in [5.74, 6) is 0.209. The zero-order chi connectivity index (χ0) is 10.4. The summed E-state index contributed by atoms with van der Waals surface area (Å²) in [5, 5.41) is 9.66. The first-order valence-corrected chi connectivity index (χ1v) is 4.52. The van der Waals surface area contributed by atoms with Gasteiger partial charge in [-0.25, -0.2) is 5.43 Å². The van der Waals surface area contributed by atoms with Gasteiger partial charge >= 0.3 is 0 Å². The van der Waals surface area contributed by atoms with Gasteiger partial charge < -0.3 is 9.84 Å². The van der Waals surface area contributed by atoms with Crippen LogP contribution in [0.25, 0.3) is 0 Å². The molecule has 0 aromatic rings. The quantitative estimate of drug-likeness (QED) is 0.526. The SMILES string of the molecule is O=C1NNC2C3=CC=COC3=CC(O)=C12. The Morgan fingerprint density at radius 2 is 2.33 bits per heavy atom. The van der Waals surface area contributed by atoms with Crippen molar-refractivity contribution in [3.63, 3.8) is 0 Å². The van der Waals surface area contributed by atoms with Crippen molar-refractivity contribution in [3.8, 4) is 0 Å². The second-order valence-corrected chi connectivity index (χ2v) is 3.41. The van der Waals surface area contributed by atoms with E-state index in [1.807, 2.05) is 6.08 Å². The van der Waals surface area contributed by atoms with Crippen LogP contribution < -0.4 is 10.9 Å². The van der Waals surface area contributed by atoms with E-state index in [0.717, 1.165) is 5.57 Å². The number of hydrazine groups is 1. The van der Waals surface area contributed by atoms with Crippen LogP contribution in [0.1, 0.15) is 0 Å². The molecule has 1 unspecified atom stereocenters. The molecule has 0 aromatic heterocycles. The summed E-state index contributed by atoms with van der Waals surface area (Å²) >= 11 is 0. The fourth-order valence-corrected chi connectivity index (χ4v) is 1.87. The van der Waals surface area contributed by atoms with Crippen molar-refractivity contribution in [3.05, 3.63) is 47.2 Å². The monoisotopic (exact) mass is 204 g/mol. The lowest BCUT2D eigenvalue weighted by molar-refractivity contribution is -0.116. The largest absolute Gasteiger partial charge is 0.507 e. The molecule has 15 heavy (non-hydrogen) atoms. The van der Waals surface area contributed by atoms with Crippen molar-refractivity contribution in [1.29, 1.82) is 0 Å². The maximum atomic E-state index is 11.4. The Balaban J connectivity index is 2.16. The predicted molar refractivity (Wildman–Crippen MR) is 51.1 cm³/mol. The molecule has 1 aliphatic carbocycles. The smallest absolute Gasteiger partial charge is 0.267 e. The van der Waals surface area contributed by atoms with E-state index in [-0.39, 0.29) is 17.7 Å². The third-order valence-corrected chi connectivity index (χ3v) is 2.55. The van der Waals surface area contributed by atoms with Gasteiger partial charge in [-0.05, 0) is 6.08 Å². The van der Waals surface area contributed by atoms with Crippen molar-refractivity contribution < 1.29 is 14.6 Å². The Labute approximate surface area is 85.4 Å². The highest BCUT2D eigenvalue weighted by Gasteiger charge is 2.38. The summed E-state index contributed by atoms with van der Waals surface area (Å²) < 4.78 is 5.23. The standard InChI is InChI=1S/C10H8N2O3/c13-6-4-7-5(2-1-3-15-7)9-8(6)10(14)12-11-9/h1-4,9,11,13H,(H,12,14). The minimum atomic E-state index is -0.331. The molecular weight excluding hydrogens is 196 g/mol. The third-order valence-electron chi connectivity index (χ3n) is 2.55. The van der Waals surface area contributed by atoms with Gasteiger partial charge in [-0.15, -0.1) is 0 Å². The average molecular weight is 204 g/mol. The second-order valence-electron chi connectivity index (χ2n) is 3.41. The summed E-state index contributed by atoms with van der Waals surface area (Å²) in [5.41, 5.74) is 6.44. The van der Waals surface area contributed by atoms with Crippen molar-refractivity contribution in [2.75, 3.05) is 0 Å². The minimum Gasteiger partial charge on any atom is -0.507 e. The summed E-state index contributed by atoms with van der Waals surface area (Å²) in [6, 6.07) is -0.331. The molecule has 1 fully saturated rings. The Morgan fingerprint density at radius 3 is 3.20 bits per heavy atom. The van der Waals surface area contributed by atoms with Crippen molar-refractivity contribution in [2.45, 2.75) is 6.04 Å². The molecule has 0 aromatic carbocycles. The summed E-state index contributed by atoms with van der Waals surface area (Å²) in [6.45, 7) is 0. The van der Waals surface area contributed by atoms with Crippen LogP contribution in [-0.2, 0) is 9.53 Å². The van der Waals surface area contributed by atoms with Crippen LogP contribution in [0.3, 0.4) is 0 Å². The fraction of sp³-hybridized carbons (Fsp3) is 0.100. The minimum absolute atomic E-state index is 0.0510. The van der Waals surface area contributed by atoms with Crippen molar-refractivity contribution in [1.82, 2.24) is 10.9 Å². The number of nitrogens with one attached hydrogen (secondary N) is 2. The van der Waals surface area contributed by atoms with Gasteiger partial charge in [0.1, 0.15) is 11.5 Å². The zero-order valence-corrected chi connectivity index (χ0v) is 7.65.